The molecule has 0 heterocycles. The summed E-state index contributed by atoms with van der Waals surface area (Å²) in [7, 11) is 0. The largest absolute Gasteiger partial charge is 0.591 e. The molecule has 1 atom stereocenters. The molecule has 0 N–H and O–H groups in total. The third-order valence-electron chi connectivity index (χ3n) is 2.39. The highest BCUT2D eigenvalue weighted by Gasteiger charge is 2.32. The first kappa shape index (κ1) is 17.5. The van der Waals surface area contributed by atoms with Crippen LogP contribution in [0, 0.1) is 0 Å². The SMILES string of the molecule is CC(=N[S+]([O-])C(C)(C)C)c1cc(Br)cc(C(F)(F)F)c1. The Bertz CT molecular complexity index is 523. The van der Waals surface area contributed by atoms with Crippen molar-refractivity contribution in [1.29, 1.82) is 0 Å². The molecule has 0 radical (unpaired) electrons. The lowest BCUT2D eigenvalue weighted by Gasteiger charge is -2.19. The Labute approximate surface area is 127 Å². The van der Waals surface area contributed by atoms with Gasteiger partial charge in [-0.1, -0.05) is 20.3 Å². The van der Waals surface area contributed by atoms with Gasteiger partial charge >= 0.3 is 6.18 Å². The standard InChI is InChI=1S/C13H15BrF3NOS/c1-8(18-20(19)12(2,3)4)9-5-10(13(15,16)17)7-11(14)6-9/h5-7H,1-4H3. The summed E-state index contributed by atoms with van der Waals surface area (Å²) in [5.74, 6) is 0. The van der Waals surface area contributed by atoms with Gasteiger partial charge in [0.25, 0.3) is 0 Å². The zero-order valence-corrected chi connectivity index (χ0v) is 13.9. The van der Waals surface area contributed by atoms with Gasteiger partial charge in [-0.3, -0.25) is 0 Å². The topological polar surface area (TPSA) is 35.4 Å². The van der Waals surface area contributed by atoms with Crippen LogP contribution in [-0.4, -0.2) is 15.0 Å². The number of nitrogens with zero attached hydrogens (tertiary/aromatic N) is 1. The Morgan fingerprint density at radius 3 is 2.20 bits per heavy atom. The van der Waals surface area contributed by atoms with Crippen molar-refractivity contribution in [2.75, 3.05) is 0 Å². The molecule has 0 bridgehead atoms. The quantitative estimate of drug-likeness (QED) is 0.547. The lowest BCUT2D eigenvalue weighted by atomic mass is 10.1. The number of halogens is 4. The van der Waals surface area contributed by atoms with Gasteiger partial charge in [-0.05, 0) is 45.9 Å². The Morgan fingerprint density at radius 2 is 1.75 bits per heavy atom. The maximum Gasteiger partial charge on any atom is 0.416 e. The van der Waals surface area contributed by atoms with Crippen LogP contribution in [0.4, 0.5) is 13.2 Å². The van der Waals surface area contributed by atoms with Crippen LogP contribution in [0.5, 0.6) is 0 Å². The van der Waals surface area contributed by atoms with Crippen molar-refractivity contribution in [1.82, 2.24) is 0 Å². The average Bonchev–Trinajstić information content (AvgIpc) is 2.25. The molecule has 0 spiro atoms. The smallest absolute Gasteiger partial charge is 0.416 e. The van der Waals surface area contributed by atoms with Crippen molar-refractivity contribution in [2.24, 2.45) is 4.40 Å². The maximum atomic E-state index is 12.7. The third kappa shape index (κ3) is 4.79. The molecule has 0 saturated carbocycles. The average molecular weight is 370 g/mol. The summed E-state index contributed by atoms with van der Waals surface area (Å²) in [6, 6.07) is 3.52. The lowest BCUT2D eigenvalue weighted by molar-refractivity contribution is -0.137. The summed E-state index contributed by atoms with van der Waals surface area (Å²) in [4.78, 5) is 0. The molecule has 7 heteroatoms. The van der Waals surface area contributed by atoms with E-state index in [9.17, 15) is 17.7 Å². The zero-order chi connectivity index (χ0) is 15.7. The fraction of sp³-hybridized carbons (Fsp3) is 0.462. The van der Waals surface area contributed by atoms with Crippen molar-refractivity contribution < 1.29 is 17.7 Å². The molecule has 0 aromatic heterocycles. The number of benzene rings is 1. The molecular formula is C13H15BrF3NOS. The predicted octanol–water partition coefficient (Wildman–Crippen LogP) is 4.74. The van der Waals surface area contributed by atoms with Gasteiger partial charge in [0.2, 0.25) is 0 Å². The Hall–Kier alpha value is -0.530. The van der Waals surface area contributed by atoms with Gasteiger partial charge in [0.1, 0.15) is 16.1 Å². The molecule has 0 fully saturated rings. The van der Waals surface area contributed by atoms with Gasteiger partial charge in [0.15, 0.2) is 0 Å². The summed E-state index contributed by atoms with van der Waals surface area (Å²) in [6.07, 6.45) is -4.43. The fourth-order valence-corrected chi connectivity index (χ4v) is 2.40. The number of hydrogen-bond donors (Lipinski definition) is 0. The first-order valence-electron chi connectivity index (χ1n) is 5.76. The number of hydrogen-bond acceptors (Lipinski definition) is 2. The number of alkyl halides is 3. The lowest BCUT2D eigenvalue weighted by Crippen LogP contribution is -2.26. The van der Waals surface area contributed by atoms with E-state index >= 15 is 0 Å². The highest BCUT2D eigenvalue weighted by atomic mass is 79.9. The van der Waals surface area contributed by atoms with E-state index in [1.807, 2.05) is 0 Å². The minimum absolute atomic E-state index is 0.296. The second-order valence-electron chi connectivity index (χ2n) is 5.26. The third-order valence-corrected chi connectivity index (χ3v) is 4.33. The summed E-state index contributed by atoms with van der Waals surface area (Å²) < 4.78 is 53.9. The molecule has 20 heavy (non-hydrogen) atoms. The fourth-order valence-electron chi connectivity index (χ4n) is 1.28. The van der Waals surface area contributed by atoms with Crippen LogP contribution < -0.4 is 0 Å². The molecular weight excluding hydrogens is 355 g/mol. The van der Waals surface area contributed by atoms with Crippen LogP contribution in [0.15, 0.2) is 27.1 Å². The van der Waals surface area contributed by atoms with E-state index < -0.39 is 27.8 Å². The molecule has 0 aliphatic carbocycles. The molecule has 0 aliphatic heterocycles. The second kappa shape index (κ2) is 6.07. The Morgan fingerprint density at radius 1 is 1.20 bits per heavy atom. The van der Waals surface area contributed by atoms with Crippen molar-refractivity contribution in [2.45, 2.75) is 38.6 Å². The molecule has 0 amide bonds. The molecule has 1 aromatic carbocycles. The van der Waals surface area contributed by atoms with Gasteiger partial charge in [-0.25, -0.2) is 0 Å². The van der Waals surface area contributed by atoms with Crippen molar-refractivity contribution in [3.63, 3.8) is 0 Å². The van der Waals surface area contributed by atoms with Crippen LogP contribution in [0.1, 0.15) is 38.8 Å². The molecule has 1 rings (SSSR count). The summed E-state index contributed by atoms with van der Waals surface area (Å²) >= 11 is 1.54. The maximum absolute atomic E-state index is 12.7. The van der Waals surface area contributed by atoms with Crippen LogP contribution >= 0.6 is 15.9 Å². The summed E-state index contributed by atoms with van der Waals surface area (Å²) in [6.45, 7) is 6.80. The molecule has 1 aromatic rings. The van der Waals surface area contributed by atoms with Gasteiger partial charge in [-0.2, -0.15) is 13.2 Å². The van der Waals surface area contributed by atoms with E-state index in [-0.39, 0.29) is 0 Å². The zero-order valence-electron chi connectivity index (χ0n) is 11.5. The number of rotatable bonds is 2. The minimum atomic E-state index is -4.43. The Balaban J connectivity index is 3.20. The van der Waals surface area contributed by atoms with Crippen LogP contribution in [0.25, 0.3) is 0 Å². The van der Waals surface area contributed by atoms with Gasteiger partial charge in [0, 0.05) is 10.0 Å². The molecule has 1 unspecified atom stereocenters. The van der Waals surface area contributed by atoms with E-state index in [4.69, 9.17) is 0 Å². The summed E-state index contributed by atoms with van der Waals surface area (Å²) in [5, 5.41) is 0. The molecule has 0 saturated heterocycles. The molecule has 112 valence electrons. The van der Waals surface area contributed by atoms with E-state index in [0.717, 1.165) is 12.1 Å². The Kier molecular flexibility index (Phi) is 5.32. The highest BCUT2D eigenvalue weighted by Crippen LogP contribution is 2.32. The van der Waals surface area contributed by atoms with E-state index in [1.54, 1.807) is 27.7 Å². The van der Waals surface area contributed by atoms with Crippen molar-refractivity contribution in [3.05, 3.63) is 33.8 Å². The predicted molar refractivity (Wildman–Crippen MR) is 79.3 cm³/mol. The first-order chi connectivity index (χ1) is 8.91. The van der Waals surface area contributed by atoms with Crippen LogP contribution in [0.3, 0.4) is 0 Å². The van der Waals surface area contributed by atoms with Gasteiger partial charge in [-0.15, -0.1) is 0 Å². The monoisotopic (exact) mass is 369 g/mol. The van der Waals surface area contributed by atoms with E-state index in [1.165, 1.54) is 6.07 Å². The first-order valence-corrected chi connectivity index (χ1v) is 7.66. The van der Waals surface area contributed by atoms with E-state index in [0.29, 0.717) is 15.7 Å². The van der Waals surface area contributed by atoms with Gasteiger partial charge < -0.3 is 4.55 Å². The normalized spacial score (nSPS) is 15.3. The van der Waals surface area contributed by atoms with Crippen molar-refractivity contribution in [3.8, 4) is 0 Å². The van der Waals surface area contributed by atoms with Crippen LogP contribution in [-0.2, 0) is 17.5 Å². The molecule has 0 aliphatic rings. The van der Waals surface area contributed by atoms with E-state index in [2.05, 4.69) is 20.3 Å². The second-order valence-corrected chi connectivity index (χ2v) is 8.09. The highest BCUT2D eigenvalue weighted by molar-refractivity contribution is 9.10. The minimum Gasteiger partial charge on any atom is -0.591 e. The summed E-state index contributed by atoms with van der Waals surface area (Å²) in [5.41, 5.74) is -0.160. The van der Waals surface area contributed by atoms with Gasteiger partial charge in [0.05, 0.1) is 11.3 Å². The van der Waals surface area contributed by atoms with Crippen molar-refractivity contribution >= 4 is 33.0 Å². The molecule has 2 nitrogen and oxygen atoms in total. The van der Waals surface area contributed by atoms with Crippen LogP contribution in [0.2, 0.25) is 0 Å².